The van der Waals surface area contributed by atoms with Gasteiger partial charge in [-0.1, -0.05) is 36.4 Å². The fourth-order valence-corrected chi connectivity index (χ4v) is 1.94. The lowest BCUT2D eigenvalue weighted by molar-refractivity contribution is -0.137. The topological polar surface area (TPSA) is 50.7 Å². The molecule has 1 amide bonds. The molecule has 0 aliphatic rings. The molecule has 2 rings (SSSR count). The smallest absolute Gasteiger partial charge is 0.417 e. The van der Waals surface area contributed by atoms with Gasteiger partial charge in [0.25, 0.3) is 5.91 Å². The van der Waals surface area contributed by atoms with Crippen LogP contribution in [0.5, 0.6) is 5.75 Å². The third-order valence-corrected chi connectivity index (χ3v) is 3.11. The lowest BCUT2D eigenvalue weighted by Gasteiger charge is -2.09. The van der Waals surface area contributed by atoms with E-state index in [1.807, 2.05) is 19.1 Å². The fourth-order valence-electron chi connectivity index (χ4n) is 1.94. The van der Waals surface area contributed by atoms with Gasteiger partial charge in [0, 0.05) is 5.56 Å². The SMILES string of the molecule is Cc1ccccc1OCC(=O)N/N=C/c1ccccc1C(F)(F)F. The maximum atomic E-state index is 12.8. The van der Waals surface area contributed by atoms with Crippen LogP contribution in [0.25, 0.3) is 0 Å². The second-order valence-electron chi connectivity index (χ2n) is 4.93. The maximum Gasteiger partial charge on any atom is 0.417 e. The molecule has 0 atom stereocenters. The van der Waals surface area contributed by atoms with Crippen molar-refractivity contribution in [3.8, 4) is 5.75 Å². The number of amides is 1. The zero-order chi connectivity index (χ0) is 17.6. The number of rotatable bonds is 5. The van der Waals surface area contributed by atoms with E-state index in [1.54, 1.807) is 12.1 Å². The largest absolute Gasteiger partial charge is 0.483 e. The molecule has 0 spiro atoms. The zero-order valence-corrected chi connectivity index (χ0v) is 12.8. The molecule has 7 heteroatoms. The van der Waals surface area contributed by atoms with Crippen molar-refractivity contribution in [2.75, 3.05) is 6.61 Å². The minimum absolute atomic E-state index is 0.134. The van der Waals surface area contributed by atoms with Gasteiger partial charge in [0.15, 0.2) is 6.61 Å². The summed E-state index contributed by atoms with van der Waals surface area (Å²) in [6.07, 6.45) is -3.53. The molecule has 0 saturated carbocycles. The summed E-state index contributed by atoms with van der Waals surface area (Å²) in [5, 5.41) is 3.55. The lowest BCUT2D eigenvalue weighted by Crippen LogP contribution is -2.25. The molecule has 4 nitrogen and oxygen atoms in total. The van der Waals surface area contributed by atoms with Gasteiger partial charge in [-0.2, -0.15) is 18.3 Å². The van der Waals surface area contributed by atoms with Crippen LogP contribution in [0.1, 0.15) is 16.7 Å². The summed E-state index contributed by atoms with van der Waals surface area (Å²) in [6, 6.07) is 12.1. The average Bonchev–Trinajstić information content (AvgIpc) is 2.53. The van der Waals surface area contributed by atoms with E-state index in [0.29, 0.717) is 5.75 Å². The Morgan fingerprint density at radius 3 is 2.54 bits per heavy atom. The molecule has 0 unspecified atom stereocenters. The van der Waals surface area contributed by atoms with Crippen molar-refractivity contribution in [3.63, 3.8) is 0 Å². The number of nitrogens with zero attached hydrogens (tertiary/aromatic N) is 1. The Bertz CT molecular complexity index is 743. The highest BCUT2D eigenvalue weighted by molar-refractivity contribution is 5.84. The van der Waals surface area contributed by atoms with Crippen LogP contribution in [0, 0.1) is 6.92 Å². The van der Waals surface area contributed by atoms with E-state index in [1.165, 1.54) is 18.2 Å². The molecule has 0 aliphatic carbocycles. The second-order valence-corrected chi connectivity index (χ2v) is 4.93. The number of carbonyl (C=O) groups is 1. The van der Waals surface area contributed by atoms with E-state index < -0.39 is 17.6 Å². The van der Waals surface area contributed by atoms with Crippen molar-refractivity contribution in [3.05, 3.63) is 65.2 Å². The zero-order valence-electron chi connectivity index (χ0n) is 12.8. The van der Waals surface area contributed by atoms with E-state index in [-0.39, 0.29) is 12.2 Å². The van der Waals surface area contributed by atoms with Crippen molar-refractivity contribution < 1.29 is 22.7 Å². The number of alkyl halides is 3. The standard InChI is InChI=1S/C17H15F3N2O2/c1-12-6-2-5-9-15(12)24-11-16(23)22-21-10-13-7-3-4-8-14(13)17(18,19)20/h2-10H,11H2,1H3,(H,22,23)/b21-10+. The molecule has 0 saturated heterocycles. The van der Waals surface area contributed by atoms with Gasteiger partial charge < -0.3 is 4.74 Å². The Kier molecular flexibility index (Phi) is 5.57. The van der Waals surface area contributed by atoms with Crippen molar-refractivity contribution >= 4 is 12.1 Å². The number of hydrogen-bond acceptors (Lipinski definition) is 3. The lowest BCUT2D eigenvalue weighted by atomic mass is 10.1. The summed E-state index contributed by atoms with van der Waals surface area (Å²) in [4.78, 5) is 11.6. The Labute approximate surface area is 137 Å². The van der Waals surface area contributed by atoms with Crippen LogP contribution < -0.4 is 10.2 Å². The summed E-state index contributed by atoms with van der Waals surface area (Å²) >= 11 is 0. The van der Waals surface area contributed by atoms with Crippen molar-refractivity contribution in [1.82, 2.24) is 5.43 Å². The molecule has 0 heterocycles. The first-order valence-corrected chi connectivity index (χ1v) is 7.04. The maximum absolute atomic E-state index is 12.8. The van der Waals surface area contributed by atoms with Crippen LogP contribution in [-0.4, -0.2) is 18.7 Å². The van der Waals surface area contributed by atoms with E-state index in [9.17, 15) is 18.0 Å². The number of ether oxygens (including phenoxy) is 1. The van der Waals surface area contributed by atoms with Crippen LogP contribution in [-0.2, 0) is 11.0 Å². The molecule has 24 heavy (non-hydrogen) atoms. The Morgan fingerprint density at radius 1 is 1.17 bits per heavy atom. The normalized spacial score (nSPS) is 11.5. The predicted octanol–water partition coefficient (Wildman–Crippen LogP) is 3.54. The first-order chi connectivity index (χ1) is 11.4. The van der Waals surface area contributed by atoms with Crippen LogP contribution >= 0.6 is 0 Å². The predicted molar refractivity (Wildman–Crippen MR) is 83.9 cm³/mol. The summed E-state index contributed by atoms with van der Waals surface area (Å²) in [6.45, 7) is 1.54. The highest BCUT2D eigenvalue weighted by atomic mass is 19.4. The number of aryl methyl sites for hydroxylation is 1. The number of carbonyl (C=O) groups excluding carboxylic acids is 1. The molecule has 0 aliphatic heterocycles. The van der Waals surface area contributed by atoms with Crippen LogP contribution in [0.4, 0.5) is 13.2 Å². The van der Waals surface area contributed by atoms with Gasteiger partial charge in [-0.15, -0.1) is 0 Å². The molecule has 2 aromatic rings. The minimum Gasteiger partial charge on any atom is -0.483 e. The van der Waals surface area contributed by atoms with E-state index in [2.05, 4.69) is 10.5 Å². The quantitative estimate of drug-likeness (QED) is 0.671. The van der Waals surface area contributed by atoms with Gasteiger partial charge in [0.2, 0.25) is 0 Å². The van der Waals surface area contributed by atoms with Crippen LogP contribution in [0.15, 0.2) is 53.6 Å². The molecule has 126 valence electrons. The highest BCUT2D eigenvalue weighted by Gasteiger charge is 2.32. The summed E-state index contributed by atoms with van der Waals surface area (Å²) in [7, 11) is 0. The molecule has 1 N–H and O–H groups in total. The second kappa shape index (κ2) is 7.63. The van der Waals surface area contributed by atoms with Gasteiger partial charge >= 0.3 is 6.18 Å². The van der Waals surface area contributed by atoms with Crippen molar-refractivity contribution in [2.45, 2.75) is 13.1 Å². The third kappa shape index (κ3) is 4.84. The molecule has 0 radical (unpaired) electrons. The van der Waals surface area contributed by atoms with Crippen LogP contribution in [0.2, 0.25) is 0 Å². The average molecular weight is 336 g/mol. The summed E-state index contributed by atoms with van der Waals surface area (Å²) in [5.41, 5.74) is 2.05. The number of benzene rings is 2. The number of halogens is 3. The number of para-hydroxylation sites is 1. The minimum atomic E-state index is -4.49. The Hall–Kier alpha value is -2.83. The number of nitrogens with one attached hydrogen (secondary N) is 1. The fraction of sp³-hybridized carbons (Fsp3) is 0.176. The van der Waals surface area contributed by atoms with E-state index >= 15 is 0 Å². The van der Waals surface area contributed by atoms with Crippen LogP contribution in [0.3, 0.4) is 0 Å². The Morgan fingerprint density at radius 2 is 1.83 bits per heavy atom. The Balaban J connectivity index is 1.93. The first-order valence-electron chi connectivity index (χ1n) is 7.04. The molecule has 0 bridgehead atoms. The first kappa shape index (κ1) is 17.5. The van der Waals surface area contributed by atoms with Crippen molar-refractivity contribution in [2.24, 2.45) is 5.10 Å². The highest BCUT2D eigenvalue weighted by Crippen LogP contribution is 2.31. The van der Waals surface area contributed by atoms with E-state index in [4.69, 9.17) is 4.74 Å². The van der Waals surface area contributed by atoms with Gasteiger partial charge in [0.05, 0.1) is 11.8 Å². The molecule has 0 fully saturated rings. The molecule has 2 aromatic carbocycles. The van der Waals surface area contributed by atoms with E-state index in [0.717, 1.165) is 17.8 Å². The monoisotopic (exact) mass is 336 g/mol. The molecular formula is C17H15F3N2O2. The number of hydrazone groups is 1. The van der Waals surface area contributed by atoms with Gasteiger partial charge in [-0.25, -0.2) is 5.43 Å². The van der Waals surface area contributed by atoms with Gasteiger partial charge in [0.1, 0.15) is 5.75 Å². The third-order valence-electron chi connectivity index (χ3n) is 3.11. The van der Waals surface area contributed by atoms with Gasteiger partial charge in [-0.05, 0) is 24.6 Å². The molecule has 0 aromatic heterocycles. The van der Waals surface area contributed by atoms with Gasteiger partial charge in [-0.3, -0.25) is 4.79 Å². The number of hydrogen-bond donors (Lipinski definition) is 1. The summed E-state index contributed by atoms with van der Waals surface area (Å²) < 4.78 is 43.7. The summed E-state index contributed by atoms with van der Waals surface area (Å²) in [5.74, 6) is -0.0157. The molecular weight excluding hydrogens is 321 g/mol. The van der Waals surface area contributed by atoms with Crippen molar-refractivity contribution in [1.29, 1.82) is 0 Å².